The van der Waals surface area contributed by atoms with Crippen LogP contribution in [0.1, 0.15) is 12.0 Å². The third-order valence-corrected chi connectivity index (χ3v) is 5.44. The van der Waals surface area contributed by atoms with Crippen LogP contribution in [0, 0.1) is 0 Å². The Balaban J connectivity index is 1.93. The maximum atomic E-state index is 14.1. The summed E-state index contributed by atoms with van der Waals surface area (Å²) in [6.07, 6.45) is 0.799. The van der Waals surface area contributed by atoms with E-state index >= 15 is 0 Å². The number of halogens is 2. The Hall–Kier alpha value is -0.0600. The van der Waals surface area contributed by atoms with Gasteiger partial charge in [-0.3, -0.25) is 0 Å². The third-order valence-electron chi connectivity index (χ3n) is 3.34. The van der Waals surface area contributed by atoms with Gasteiger partial charge >= 0.3 is 0 Å². The first-order valence-corrected chi connectivity index (χ1v) is 7.00. The summed E-state index contributed by atoms with van der Waals surface area (Å²) >= 11 is 5.16. The number of thioether (sulfide) groups is 1. The summed E-state index contributed by atoms with van der Waals surface area (Å²) in [7, 11) is 0. The summed E-state index contributed by atoms with van der Waals surface area (Å²) in [6, 6.07) is 6.23. The zero-order chi connectivity index (χ0) is 11.2. The van der Waals surface area contributed by atoms with Gasteiger partial charge in [-0.1, -0.05) is 22.0 Å². The molecule has 0 bridgehead atoms. The van der Waals surface area contributed by atoms with Crippen LogP contribution in [0.15, 0.2) is 27.6 Å². The van der Waals surface area contributed by atoms with Crippen LogP contribution in [-0.4, -0.2) is 24.1 Å². The Kier molecular flexibility index (Phi) is 2.76. The van der Waals surface area contributed by atoms with Crippen molar-refractivity contribution in [3.05, 3.63) is 28.2 Å². The zero-order valence-electron chi connectivity index (χ0n) is 8.71. The summed E-state index contributed by atoms with van der Waals surface area (Å²) in [5, 5.41) is 0. The van der Waals surface area contributed by atoms with Gasteiger partial charge in [0.2, 0.25) is 0 Å². The van der Waals surface area contributed by atoms with Gasteiger partial charge in [0, 0.05) is 16.0 Å². The van der Waals surface area contributed by atoms with E-state index in [4.69, 9.17) is 4.74 Å². The fourth-order valence-electron chi connectivity index (χ4n) is 2.40. The maximum Gasteiger partial charge on any atom is 0.139 e. The number of benzene rings is 1. The van der Waals surface area contributed by atoms with Crippen LogP contribution >= 0.6 is 27.7 Å². The maximum absolute atomic E-state index is 14.1. The Morgan fingerprint density at radius 3 is 3.19 bits per heavy atom. The lowest BCUT2D eigenvalue weighted by Crippen LogP contribution is -2.44. The van der Waals surface area contributed by atoms with Crippen LogP contribution < -0.4 is 0 Å². The number of hydrogen-bond donors (Lipinski definition) is 0. The van der Waals surface area contributed by atoms with Crippen molar-refractivity contribution < 1.29 is 9.13 Å². The summed E-state index contributed by atoms with van der Waals surface area (Å²) in [5.74, 6) is 0. The van der Waals surface area contributed by atoms with Crippen molar-refractivity contribution in [1.82, 2.24) is 0 Å². The molecule has 1 nitrogen and oxygen atoms in total. The first kappa shape index (κ1) is 11.1. The van der Waals surface area contributed by atoms with Gasteiger partial charge in [-0.25, -0.2) is 4.39 Å². The van der Waals surface area contributed by atoms with Crippen LogP contribution in [0.5, 0.6) is 0 Å². The van der Waals surface area contributed by atoms with Gasteiger partial charge in [-0.05, 0) is 30.5 Å². The standard InChI is InChI=1S/C12H12BrFOS/c13-9-2-1-8-6-12(16-10(8)5-9)3-4-15-7-11(12)14/h1-2,5,11H,3-4,6-7H2. The second kappa shape index (κ2) is 4.00. The predicted molar refractivity (Wildman–Crippen MR) is 66.8 cm³/mol. The molecule has 2 aliphatic heterocycles. The van der Waals surface area contributed by atoms with Crippen LogP contribution in [0.2, 0.25) is 0 Å². The van der Waals surface area contributed by atoms with Gasteiger partial charge in [-0.2, -0.15) is 0 Å². The Bertz CT molecular complexity index is 425. The third kappa shape index (κ3) is 1.71. The molecule has 0 aromatic heterocycles. The molecular weight excluding hydrogens is 291 g/mol. The van der Waals surface area contributed by atoms with Gasteiger partial charge in [-0.15, -0.1) is 11.8 Å². The average molecular weight is 303 g/mol. The molecule has 3 rings (SSSR count). The van der Waals surface area contributed by atoms with Gasteiger partial charge in [0.05, 0.1) is 11.4 Å². The molecule has 0 amide bonds. The molecule has 1 aromatic carbocycles. The van der Waals surface area contributed by atoms with E-state index in [0.29, 0.717) is 6.61 Å². The van der Waals surface area contributed by atoms with Crippen LogP contribution in [0.25, 0.3) is 0 Å². The normalized spacial score (nSPS) is 33.0. The number of fused-ring (bicyclic) bond motifs is 1. The number of ether oxygens (including phenoxy) is 1. The smallest absolute Gasteiger partial charge is 0.139 e. The fraction of sp³-hybridized carbons (Fsp3) is 0.500. The molecule has 0 aliphatic carbocycles. The van der Waals surface area contributed by atoms with Crippen molar-refractivity contribution in [2.24, 2.45) is 0 Å². The van der Waals surface area contributed by atoms with Gasteiger partial charge in [0.15, 0.2) is 0 Å². The second-order valence-electron chi connectivity index (χ2n) is 4.39. The lowest BCUT2D eigenvalue weighted by Gasteiger charge is -2.35. The largest absolute Gasteiger partial charge is 0.378 e. The molecule has 1 fully saturated rings. The van der Waals surface area contributed by atoms with E-state index in [0.717, 1.165) is 17.3 Å². The van der Waals surface area contributed by atoms with Crippen molar-refractivity contribution in [2.75, 3.05) is 13.2 Å². The van der Waals surface area contributed by atoms with Crippen LogP contribution in [-0.2, 0) is 11.2 Å². The second-order valence-corrected chi connectivity index (χ2v) is 6.76. The van der Waals surface area contributed by atoms with Crippen molar-refractivity contribution in [2.45, 2.75) is 28.7 Å². The van der Waals surface area contributed by atoms with Crippen molar-refractivity contribution >= 4 is 27.7 Å². The zero-order valence-corrected chi connectivity index (χ0v) is 11.1. The monoisotopic (exact) mass is 302 g/mol. The first-order valence-electron chi connectivity index (χ1n) is 5.39. The summed E-state index contributed by atoms with van der Waals surface area (Å²) in [4.78, 5) is 1.22. The summed E-state index contributed by atoms with van der Waals surface area (Å²) in [6.45, 7) is 0.935. The molecule has 1 aromatic rings. The molecule has 86 valence electrons. The first-order chi connectivity index (χ1) is 7.70. The molecule has 1 spiro atoms. The molecule has 2 aliphatic rings. The highest BCUT2D eigenvalue weighted by Gasteiger charge is 2.47. The van der Waals surface area contributed by atoms with E-state index in [1.807, 2.05) is 6.07 Å². The highest BCUT2D eigenvalue weighted by atomic mass is 79.9. The van der Waals surface area contributed by atoms with Crippen molar-refractivity contribution in [1.29, 1.82) is 0 Å². The lowest BCUT2D eigenvalue weighted by atomic mass is 9.90. The molecule has 0 saturated carbocycles. The van der Waals surface area contributed by atoms with E-state index in [2.05, 4.69) is 28.1 Å². The van der Waals surface area contributed by atoms with Crippen molar-refractivity contribution in [3.63, 3.8) is 0 Å². The molecule has 16 heavy (non-hydrogen) atoms. The Morgan fingerprint density at radius 2 is 2.38 bits per heavy atom. The predicted octanol–water partition coefficient (Wildman–Crippen LogP) is 3.59. The van der Waals surface area contributed by atoms with E-state index in [1.165, 1.54) is 10.5 Å². The van der Waals surface area contributed by atoms with Gasteiger partial charge < -0.3 is 4.74 Å². The molecule has 1 saturated heterocycles. The molecule has 0 radical (unpaired) electrons. The van der Waals surface area contributed by atoms with E-state index in [9.17, 15) is 4.39 Å². The van der Waals surface area contributed by atoms with E-state index < -0.39 is 6.17 Å². The molecule has 2 unspecified atom stereocenters. The molecule has 4 heteroatoms. The number of hydrogen-bond acceptors (Lipinski definition) is 2. The summed E-state index contributed by atoms with van der Waals surface area (Å²) < 4.78 is 20.1. The Morgan fingerprint density at radius 1 is 1.50 bits per heavy atom. The number of alkyl halides is 1. The van der Waals surface area contributed by atoms with E-state index in [-0.39, 0.29) is 11.4 Å². The topological polar surface area (TPSA) is 9.23 Å². The van der Waals surface area contributed by atoms with Crippen molar-refractivity contribution in [3.8, 4) is 0 Å². The molecule has 2 atom stereocenters. The average Bonchev–Trinajstić information content (AvgIpc) is 2.61. The number of rotatable bonds is 0. The lowest BCUT2D eigenvalue weighted by molar-refractivity contribution is 0.0133. The fourth-order valence-corrected chi connectivity index (χ4v) is 4.42. The quantitative estimate of drug-likeness (QED) is 0.724. The van der Waals surface area contributed by atoms with Crippen LogP contribution in [0.3, 0.4) is 0 Å². The van der Waals surface area contributed by atoms with Gasteiger partial charge in [0.25, 0.3) is 0 Å². The summed E-state index contributed by atoms with van der Waals surface area (Å²) in [5.41, 5.74) is 1.28. The highest BCUT2D eigenvalue weighted by molar-refractivity contribution is 9.10. The molecule has 2 heterocycles. The molecule has 0 N–H and O–H groups in total. The van der Waals surface area contributed by atoms with E-state index in [1.54, 1.807) is 11.8 Å². The van der Waals surface area contributed by atoms with Crippen LogP contribution in [0.4, 0.5) is 4.39 Å². The SMILES string of the molecule is FC1COCCC12Cc1ccc(Br)cc1S2. The highest BCUT2D eigenvalue weighted by Crippen LogP contribution is 2.51. The minimum Gasteiger partial charge on any atom is -0.378 e. The minimum atomic E-state index is -0.850. The minimum absolute atomic E-state index is 0.252. The van der Waals surface area contributed by atoms with Gasteiger partial charge in [0.1, 0.15) is 6.17 Å². The Labute approximate surface area is 107 Å². The molecular formula is C12H12BrFOS.